The summed E-state index contributed by atoms with van der Waals surface area (Å²) in [4.78, 5) is 18.5. The third kappa shape index (κ3) is 3.34. The minimum atomic E-state index is -4.55. The Balaban J connectivity index is 1.48. The molecule has 5 heterocycles. The first kappa shape index (κ1) is 18.5. The van der Waals surface area contributed by atoms with Gasteiger partial charge in [-0.3, -0.25) is 9.50 Å². The van der Waals surface area contributed by atoms with Gasteiger partial charge in [0.15, 0.2) is 11.3 Å². The maximum absolute atomic E-state index is 13.1. The zero-order chi connectivity index (χ0) is 20.7. The van der Waals surface area contributed by atoms with Gasteiger partial charge in [-0.25, -0.2) is 19.9 Å². The average Bonchev–Trinajstić information content (AvgIpc) is 3.43. The summed E-state index contributed by atoms with van der Waals surface area (Å²) < 4.78 is 46.3. The Kier molecular flexibility index (Phi) is 4.35. The molecule has 0 spiro atoms. The minimum Gasteiger partial charge on any atom is -0.370 e. The molecule has 1 fully saturated rings. The van der Waals surface area contributed by atoms with Crippen LogP contribution in [0.5, 0.6) is 0 Å². The van der Waals surface area contributed by atoms with E-state index in [-0.39, 0.29) is 6.10 Å². The van der Waals surface area contributed by atoms with Crippen LogP contribution in [0.4, 0.5) is 19.1 Å². The van der Waals surface area contributed by atoms with Gasteiger partial charge in [0.1, 0.15) is 6.10 Å². The molecule has 0 radical (unpaired) electrons. The van der Waals surface area contributed by atoms with Crippen LogP contribution in [0, 0.1) is 0 Å². The number of imidazole rings is 1. The first-order valence-electron chi connectivity index (χ1n) is 9.08. The molecule has 0 saturated carbocycles. The molecule has 4 aromatic heterocycles. The van der Waals surface area contributed by atoms with Crippen molar-refractivity contribution in [3.63, 3.8) is 0 Å². The number of nitrogens with one attached hydrogen (secondary N) is 1. The Labute approximate surface area is 167 Å². The lowest BCUT2D eigenvalue weighted by Crippen LogP contribution is -2.39. The van der Waals surface area contributed by atoms with E-state index in [1.54, 1.807) is 24.7 Å². The predicted molar refractivity (Wildman–Crippen MR) is 98.5 cm³/mol. The normalized spacial score (nSPS) is 17.6. The van der Waals surface area contributed by atoms with Crippen LogP contribution < -0.4 is 4.90 Å². The summed E-state index contributed by atoms with van der Waals surface area (Å²) in [5, 5.41) is 6.71. The highest BCUT2D eigenvalue weighted by Crippen LogP contribution is 2.29. The Hall–Kier alpha value is -3.54. The van der Waals surface area contributed by atoms with Crippen LogP contribution in [0.3, 0.4) is 0 Å². The number of alkyl halides is 3. The molecule has 30 heavy (non-hydrogen) atoms. The van der Waals surface area contributed by atoms with E-state index in [2.05, 4.69) is 30.1 Å². The molecular formula is C18H15F3N8O. The zero-order valence-corrected chi connectivity index (χ0v) is 15.4. The van der Waals surface area contributed by atoms with Gasteiger partial charge in [-0.15, -0.1) is 0 Å². The van der Waals surface area contributed by atoms with Crippen LogP contribution in [0.2, 0.25) is 0 Å². The fourth-order valence-corrected chi connectivity index (χ4v) is 3.34. The quantitative estimate of drug-likeness (QED) is 0.548. The number of fused-ring (bicyclic) bond motifs is 1. The maximum Gasteiger partial charge on any atom is 0.434 e. The van der Waals surface area contributed by atoms with Crippen molar-refractivity contribution >= 4 is 11.6 Å². The van der Waals surface area contributed by atoms with Crippen LogP contribution in [0.25, 0.3) is 17.0 Å². The number of hydrogen-bond donors (Lipinski definition) is 1. The molecule has 0 aliphatic carbocycles. The molecule has 9 nitrogen and oxygen atoms in total. The Morgan fingerprint density at radius 3 is 2.83 bits per heavy atom. The highest BCUT2D eigenvalue weighted by molar-refractivity contribution is 5.60. The Bertz CT molecular complexity index is 1170. The van der Waals surface area contributed by atoms with Gasteiger partial charge in [0.25, 0.3) is 0 Å². The largest absolute Gasteiger partial charge is 0.434 e. The van der Waals surface area contributed by atoms with Gasteiger partial charge >= 0.3 is 6.18 Å². The van der Waals surface area contributed by atoms with Gasteiger partial charge in [0.2, 0.25) is 5.95 Å². The van der Waals surface area contributed by atoms with E-state index < -0.39 is 11.9 Å². The van der Waals surface area contributed by atoms with E-state index in [0.717, 1.165) is 18.0 Å². The summed E-state index contributed by atoms with van der Waals surface area (Å²) in [6, 6.07) is 1.63. The second-order valence-corrected chi connectivity index (χ2v) is 6.72. The van der Waals surface area contributed by atoms with Crippen molar-refractivity contribution in [2.24, 2.45) is 0 Å². The fraction of sp³-hybridized carbons (Fsp3) is 0.278. The molecule has 1 N–H and O–H groups in total. The van der Waals surface area contributed by atoms with Crippen LogP contribution in [-0.4, -0.2) is 54.2 Å². The summed E-state index contributed by atoms with van der Waals surface area (Å²) in [6.07, 6.45) is 3.80. The molecule has 5 rings (SSSR count). The molecule has 1 aliphatic heterocycles. The maximum atomic E-state index is 13.1. The minimum absolute atomic E-state index is 0.180. The second-order valence-electron chi connectivity index (χ2n) is 6.72. The number of halogens is 3. The first-order valence-corrected chi connectivity index (χ1v) is 9.08. The standard InChI is InChI=1S/C18H15F3N8O/c19-18(20,21)15-10-29-13(7-24-16(29)8-23-15)12-1-2-22-17(27-12)28-3-4-30-14(9-28)11-5-25-26-6-11/h1-2,5-8,10,14H,3-4,9H2,(H,25,26). The van der Waals surface area contributed by atoms with Crippen LogP contribution in [0.15, 0.2) is 43.2 Å². The molecule has 12 heteroatoms. The van der Waals surface area contributed by atoms with Crippen LogP contribution >= 0.6 is 0 Å². The van der Waals surface area contributed by atoms with E-state index >= 15 is 0 Å². The molecule has 1 saturated heterocycles. The third-order valence-corrected chi connectivity index (χ3v) is 4.83. The van der Waals surface area contributed by atoms with E-state index in [4.69, 9.17) is 4.74 Å². The molecule has 1 unspecified atom stereocenters. The molecule has 154 valence electrons. The number of rotatable bonds is 3. The highest BCUT2D eigenvalue weighted by Gasteiger charge is 2.33. The Morgan fingerprint density at radius 2 is 2.03 bits per heavy atom. The third-order valence-electron chi connectivity index (χ3n) is 4.83. The predicted octanol–water partition coefficient (Wildman–Crippen LogP) is 2.51. The SMILES string of the molecule is FC(F)(F)c1cn2c(-c3ccnc(N4CCOC(c5cn[nH]c5)C4)n3)cnc2cn1. The van der Waals surface area contributed by atoms with Crippen molar-refractivity contribution < 1.29 is 17.9 Å². The monoisotopic (exact) mass is 416 g/mol. The van der Waals surface area contributed by atoms with Crippen molar-refractivity contribution in [2.75, 3.05) is 24.6 Å². The summed E-state index contributed by atoms with van der Waals surface area (Å²) >= 11 is 0. The molecular weight excluding hydrogens is 401 g/mol. The lowest BCUT2D eigenvalue weighted by atomic mass is 10.1. The van der Waals surface area contributed by atoms with Gasteiger partial charge in [-0.05, 0) is 6.07 Å². The molecule has 0 bridgehead atoms. The lowest BCUT2D eigenvalue weighted by Gasteiger charge is -2.32. The molecule has 0 aromatic carbocycles. The number of aromatic nitrogens is 7. The summed E-state index contributed by atoms with van der Waals surface area (Å²) in [7, 11) is 0. The van der Waals surface area contributed by atoms with Crippen LogP contribution in [-0.2, 0) is 10.9 Å². The van der Waals surface area contributed by atoms with Crippen molar-refractivity contribution in [1.82, 2.24) is 34.5 Å². The van der Waals surface area contributed by atoms with Gasteiger partial charge < -0.3 is 9.64 Å². The molecule has 4 aromatic rings. The number of H-pyrrole nitrogens is 1. The van der Waals surface area contributed by atoms with E-state index in [1.165, 1.54) is 10.6 Å². The van der Waals surface area contributed by atoms with E-state index in [9.17, 15) is 13.2 Å². The number of ether oxygens (including phenoxy) is 1. The van der Waals surface area contributed by atoms with Crippen molar-refractivity contribution in [3.8, 4) is 11.4 Å². The van der Waals surface area contributed by atoms with Crippen molar-refractivity contribution in [1.29, 1.82) is 0 Å². The average molecular weight is 416 g/mol. The number of hydrogen-bond acceptors (Lipinski definition) is 7. The fourth-order valence-electron chi connectivity index (χ4n) is 3.34. The summed E-state index contributed by atoms with van der Waals surface area (Å²) in [5.41, 5.74) is 1.09. The number of aromatic amines is 1. The van der Waals surface area contributed by atoms with Gasteiger partial charge in [0.05, 0.1) is 43.1 Å². The van der Waals surface area contributed by atoms with Crippen molar-refractivity contribution in [2.45, 2.75) is 12.3 Å². The second kappa shape index (κ2) is 7.06. The lowest BCUT2D eigenvalue weighted by molar-refractivity contribution is -0.141. The topological polar surface area (TPSA) is 97.1 Å². The van der Waals surface area contributed by atoms with Gasteiger partial charge in [0, 0.05) is 30.7 Å². The summed E-state index contributed by atoms with van der Waals surface area (Å²) in [5.74, 6) is 0.462. The van der Waals surface area contributed by atoms with Gasteiger partial charge in [-0.2, -0.15) is 18.3 Å². The Morgan fingerprint density at radius 1 is 1.13 bits per heavy atom. The molecule has 1 atom stereocenters. The van der Waals surface area contributed by atoms with E-state index in [0.29, 0.717) is 42.7 Å². The number of nitrogens with zero attached hydrogens (tertiary/aromatic N) is 7. The smallest absolute Gasteiger partial charge is 0.370 e. The number of morpholine rings is 1. The highest BCUT2D eigenvalue weighted by atomic mass is 19.4. The first-order chi connectivity index (χ1) is 14.5. The molecule has 1 aliphatic rings. The van der Waals surface area contributed by atoms with E-state index in [1.807, 2.05) is 4.90 Å². The molecule has 0 amide bonds. The summed E-state index contributed by atoms with van der Waals surface area (Å²) in [6.45, 7) is 1.60. The van der Waals surface area contributed by atoms with Gasteiger partial charge in [-0.1, -0.05) is 0 Å². The number of anilines is 1. The van der Waals surface area contributed by atoms with Crippen molar-refractivity contribution in [3.05, 3.63) is 54.5 Å². The van der Waals surface area contributed by atoms with Crippen LogP contribution in [0.1, 0.15) is 17.4 Å². The zero-order valence-electron chi connectivity index (χ0n) is 15.4.